The van der Waals surface area contributed by atoms with Crippen LogP contribution >= 0.6 is 0 Å². The number of methoxy groups -OCH3 is 1. The van der Waals surface area contributed by atoms with E-state index in [1.165, 1.54) is 18.4 Å². The summed E-state index contributed by atoms with van der Waals surface area (Å²) in [7, 11) is 1.71. The molecule has 0 amide bonds. The largest absolute Gasteiger partial charge is 0.496 e. The van der Waals surface area contributed by atoms with Crippen LogP contribution in [0.15, 0.2) is 12.1 Å². The number of piperidine rings is 1. The van der Waals surface area contributed by atoms with Crippen LogP contribution in [0, 0.1) is 0 Å². The van der Waals surface area contributed by atoms with E-state index >= 15 is 0 Å². The van der Waals surface area contributed by atoms with Gasteiger partial charge in [0.2, 0.25) is 0 Å². The number of hydrogen-bond acceptors (Lipinski definition) is 4. The minimum absolute atomic E-state index is 0.365. The van der Waals surface area contributed by atoms with E-state index in [9.17, 15) is 0 Å². The Bertz CT molecular complexity index is 427. The lowest BCUT2D eigenvalue weighted by molar-refractivity contribution is 0.170. The maximum Gasteiger partial charge on any atom is 0.165 e. The van der Waals surface area contributed by atoms with Gasteiger partial charge in [0.1, 0.15) is 19.0 Å². The number of hydrogen-bond donors (Lipinski definition) is 1. The Hall–Kier alpha value is -1.42. The molecule has 18 heavy (non-hydrogen) atoms. The summed E-state index contributed by atoms with van der Waals surface area (Å²) < 4.78 is 16.7. The highest BCUT2D eigenvalue weighted by Gasteiger charge is 2.23. The summed E-state index contributed by atoms with van der Waals surface area (Å²) in [6.07, 6.45) is 3.66. The number of fused-ring (bicyclic) bond motifs is 1. The van der Waals surface area contributed by atoms with Crippen molar-refractivity contribution in [2.24, 2.45) is 0 Å². The number of ether oxygens (including phenoxy) is 3. The van der Waals surface area contributed by atoms with Gasteiger partial charge in [0.05, 0.1) is 7.11 Å². The van der Waals surface area contributed by atoms with Crippen LogP contribution < -0.4 is 19.5 Å². The molecular weight excluding hydrogens is 230 g/mol. The summed E-state index contributed by atoms with van der Waals surface area (Å²) in [5.74, 6) is 2.51. The van der Waals surface area contributed by atoms with Crippen molar-refractivity contribution in [1.82, 2.24) is 5.32 Å². The van der Waals surface area contributed by atoms with Gasteiger partial charge in [-0.3, -0.25) is 0 Å². The first-order valence-electron chi connectivity index (χ1n) is 6.59. The molecule has 1 aromatic carbocycles. The SMILES string of the molecule is COc1cc2c(cc1C1CCCCN1)OCCO2. The van der Waals surface area contributed by atoms with E-state index in [2.05, 4.69) is 11.4 Å². The second kappa shape index (κ2) is 5.06. The summed E-state index contributed by atoms with van der Waals surface area (Å²) in [5.41, 5.74) is 1.18. The summed E-state index contributed by atoms with van der Waals surface area (Å²) in [6.45, 7) is 2.30. The molecule has 0 aromatic heterocycles. The standard InChI is InChI=1S/C14H19NO3/c1-16-12-9-14-13(17-6-7-18-14)8-10(12)11-4-2-3-5-15-11/h8-9,11,15H,2-7H2,1H3. The molecule has 4 nitrogen and oxygen atoms in total. The van der Waals surface area contributed by atoms with Crippen LogP contribution in [0.2, 0.25) is 0 Å². The zero-order valence-corrected chi connectivity index (χ0v) is 10.7. The van der Waals surface area contributed by atoms with E-state index in [0.717, 1.165) is 30.2 Å². The van der Waals surface area contributed by atoms with E-state index in [1.807, 2.05) is 6.07 Å². The third-order valence-corrected chi connectivity index (χ3v) is 3.58. The van der Waals surface area contributed by atoms with Crippen molar-refractivity contribution in [3.63, 3.8) is 0 Å². The maximum absolute atomic E-state index is 5.65. The van der Waals surface area contributed by atoms with Crippen molar-refractivity contribution in [3.8, 4) is 17.2 Å². The van der Waals surface area contributed by atoms with Gasteiger partial charge in [0.25, 0.3) is 0 Å². The zero-order chi connectivity index (χ0) is 12.4. The molecule has 1 unspecified atom stereocenters. The minimum Gasteiger partial charge on any atom is -0.496 e. The molecule has 3 rings (SSSR count). The Morgan fingerprint density at radius 2 is 1.94 bits per heavy atom. The summed E-state index contributed by atoms with van der Waals surface area (Å²) in [5, 5.41) is 3.54. The molecule has 2 heterocycles. The fourth-order valence-electron chi connectivity index (χ4n) is 2.65. The lowest BCUT2D eigenvalue weighted by atomic mass is 9.96. The first-order chi connectivity index (χ1) is 8.88. The van der Waals surface area contributed by atoms with Crippen molar-refractivity contribution in [2.75, 3.05) is 26.9 Å². The molecule has 1 N–H and O–H groups in total. The predicted octanol–water partition coefficient (Wildman–Crippen LogP) is 2.28. The Labute approximate surface area is 107 Å². The second-order valence-corrected chi connectivity index (χ2v) is 4.74. The average Bonchev–Trinajstić information content (AvgIpc) is 2.46. The Kier molecular flexibility index (Phi) is 3.28. The molecular formula is C14H19NO3. The quantitative estimate of drug-likeness (QED) is 0.873. The second-order valence-electron chi connectivity index (χ2n) is 4.74. The van der Waals surface area contributed by atoms with Crippen molar-refractivity contribution < 1.29 is 14.2 Å². The van der Waals surface area contributed by atoms with E-state index in [4.69, 9.17) is 14.2 Å². The fraction of sp³-hybridized carbons (Fsp3) is 0.571. The lowest BCUT2D eigenvalue weighted by Crippen LogP contribution is -2.27. The Balaban J connectivity index is 1.95. The Morgan fingerprint density at radius 3 is 2.61 bits per heavy atom. The molecule has 0 saturated carbocycles. The number of benzene rings is 1. The third-order valence-electron chi connectivity index (χ3n) is 3.58. The van der Waals surface area contributed by atoms with Gasteiger partial charge >= 0.3 is 0 Å². The fourth-order valence-corrected chi connectivity index (χ4v) is 2.65. The smallest absolute Gasteiger partial charge is 0.165 e. The van der Waals surface area contributed by atoms with Gasteiger partial charge in [-0.15, -0.1) is 0 Å². The van der Waals surface area contributed by atoms with Gasteiger partial charge in [-0.25, -0.2) is 0 Å². The van der Waals surface area contributed by atoms with Crippen molar-refractivity contribution in [3.05, 3.63) is 17.7 Å². The topological polar surface area (TPSA) is 39.7 Å². The summed E-state index contributed by atoms with van der Waals surface area (Å²) >= 11 is 0. The van der Waals surface area contributed by atoms with Gasteiger partial charge in [-0.2, -0.15) is 0 Å². The summed E-state index contributed by atoms with van der Waals surface area (Å²) in [6, 6.07) is 4.38. The predicted molar refractivity (Wildman–Crippen MR) is 68.6 cm³/mol. The number of nitrogens with one attached hydrogen (secondary N) is 1. The average molecular weight is 249 g/mol. The molecule has 2 aliphatic rings. The van der Waals surface area contributed by atoms with Crippen LogP contribution in [0.5, 0.6) is 17.2 Å². The monoisotopic (exact) mass is 249 g/mol. The van der Waals surface area contributed by atoms with Crippen LogP contribution in [0.1, 0.15) is 30.9 Å². The molecule has 0 spiro atoms. The normalized spacial score (nSPS) is 22.6. The van der Waals surface area contributed by atoms with E-state index < -0.39 is 0 Å². The van der Waals surface area contributed by atoms with E-state index in [0.29, 0.717) is 19.3 Å². The van der Waals surface area contributed by atoms with Gasteiger partial charge < -0.3 is 19.5 Å². The van der Waals surface area contributed by atoms with Crippen LogP contribution in [-0.4, -0.2) is 26.9 Å². The molecule has 1 atom stereocenters. The van der Waals surface area contributed by atoms with Crippen molar-refractivity contribution in [2.45, 2.75) is 25.3 Å². The molecule has 98 valence electrons. The van der Waals surface area contributed by atoms with Crippen LogP contribution in [0.25, 0.3) is 0 Å². The molecule has 1 fully saturated rings. The van der Waals surface area contributed by atoms with Gasteiger partial charge in [-0.05, 0) is 25.5 Å². The molecule has 0 radical (unpaired) electrons. The minimum atomic E-state index is 0.365. The van der Waals surface area contributed by atoms with Gasteiger partial charge in [0, 0.05) is 17.7 Å². The molecule has 4 heteroatoms. The highest BCUT2D eigenvalue weighted by atomic mass is 16.6. The highest BCUT2D eigenvalue weighted by molar-refractivity contribution is 5.52. The van der Waals surface area contributed by atoms with Crippen LogP contribution in [0.4, 0.5) is 0 Å². The molecule has 1 aromatic rings. The molecule has 0 bridgehead atoms. The van der Waals surface area contributed by atoms with Crippen LogP contribution in [0.3, 0.4) is 0 Å². The molecule has 0 aliphatic carbocycles. The highest BCUT2D eigenvalue weighted by Crippen LogP contribution is 2.40. The van der Waals surface area contributed by atoms with Gasteiger partial charge in [-0.1, -0.05) is 6.42 Å². The molecule has 1 saturated heterocycles. The lowest BCUT2D eigenvalue weighted by Gasteiger charge is -2.27. The first kappa shape index (κ1) is 11.7. The Morgan fingerprint density at radius 1 is 1.17 bits per heavy atom. The van der Waals surface area contributed by atoms with E-state index in [1.54, 1.807) is 7.11 Å². The third kappa shape index (κ3) is 2.12. The zero-order valence-electron chi connectivity index (χ0n) is 10.7. The number of rotatable bonds is 2. The first-order valence-corrected chi connectivity index (χ1v) is 6.59. The maximum atomic E-state index is 5.65. The summed E-state index contributed by atoms with van der Waals surface area (Å²) in [4.78, 5) is 0. The van der Waals surface area contributed by atoms with Crippen LogP contribution in [-0.2, 0) is 0 Å². The van der Waals surface area contributed by atoms with Gasteiger partial charge in [0.15, 0.2) is 11.5 Å². The van der Waals surface area contributed by atoms with Crippen molar-refractivity contribution in [1.29, 1.82) is 0 Å². The molecule has 2 aliphatic heterocycles. The van der Waals surface area contributed by atoms with E-state index in [-0.39, 0.29) is 0 Å². The van der Waals surface area contributed by atoms with Crippen molar-refractivity contribution >= 4 is 0 Å².